The second kappa shape index (κ2) is 6.70. The van der Waals surface area contributed by atoms with Crippen molar-refractivity contribution < 1.29 is 19.4 Å². The lowest BCUT2D eigenvalue weighted by Gasteiger charge is -2.22. The van der Waals surface area contributed by atoms with E-state index in [0.717, 1.165) is 24.3 Å². The Morgan fingerprint density at radius 3 is 2.42 bits per heavy atom. The molecule has 24 heavy (non-hydrogen) atoms. The highest BCUT2D eigenvalue weighted by atomic mass is 16.5. The minimum Gasteiger partial charge on any atom is -0.497 e. The van der Waals surface area contributed by atoms with Crippen molar-refractivity contribution in [1.82, 2.24) is 4.98 Å². The Bertz CT molecular complexity index is 737. The van der Waals surface area contributed by atoms with E-state index in [0.29, 0.717) is 12.5 Å². The normalized spacial score (nSPS) is 13.4. The van der Waals surface area contributed by atoms with Crippen LogP contribution in [0.5, 0.6) is 5.75 Å². The molecule has 1 aromatic carbocycles. The number of ether oxygens (including phenoxy) is 1. The molecule has 0 aliphatic heterocycles. The first-order valence-electron chi connectivity index (χ1n) is 7.73. The molecular formula is C18H18N2O4. The number of nitrogens with zero attached hydrogens (tertiary/aromatic N) is 2. The summed E-state index contributed by atoms with van der Waals surface area (Å²) in [6, 6.07) is 10.1. The number of carbonyl (C=O) groups excluding carboxylic acids is 1. The van der Waals surface area contributed by atoms with Crippen molar-refractivity contribution in [2.24, 2.45) is 5.92 Å². The molecule has 0 radical (unpaired) electrons. The van der Waals surface area contributed by atoms with Crippen molar-refractivity contribution in [2.45, 2.75) is 12.8 Å². The molecule has 2 aromatic rings. The molecule has 1 heterocycles. The van der Waals surface area contributed by atoms with E-state index in [1.54, 1.807) is 12.0 Å². The minimum atomic E-state index is -1.06. The van der Waals surface area contributed by atoms with Gasteiger partial charge in [-0.3, -0.25) is 9.78 Å². The zero-order valence-corrected chi connectivity index (χ0v) is 13.3. The van der Waals surface area contributed by atoms with Crippen LogP contribution in [0.1, 0.15) is 33.7 Å². The molecule has 3 rings (SSSR count). The van der Waals surface area contributed by atoms with Crippen LogP contribution in [0.25, 0.3) is 0 Å². The highest BCUT2D eigenvalue weighted by Crippen LogP contribution is 2.32. The van der Waals surface area contributed by atoms with Gasteiger partial charge in [0.15, 0.2) is 0 Å². The van der Waals surface area contributed by atoms with Crippen LogP contribution in [0.15, 0.2) is 42.6 Å². The van der Waals surface area contributed by atoms with Crippen molar-refractivity contribution in [3.05, 3.63) is 53.9 Å². The Morgan fingerprint density at radius 1 is 1.21 bits per heavy atom. The van der Waals surface area contributed by atoms with Gasteiger partial charge in [0.2, 0.25) is 0 Å². The number of hydrogen-bond acceptors (Lipinski definition) is 4. The Balaban J connectivity index is 1.86. The van der Waals surface area contributed by atoms with E-state index in [1.165, 1.54) is 18.3 Å². The van der Waals surface area contributed by atoms with E-state index in [1.807, 2.05) is 24.3 Å². The average molecular weight is 326 g/mol. The number of carboxylic acids is 1. The Labute approximate surface area is 139 Å². The van der Waals surface area contributed by atoms with Crippen molar-refractivity contribution in [2.75, 3.05) is 18.6 Å². The predicted octanol–water partition coefficient (Wildman–Crippen LogP) is 2.85. The minimum absolute atomic E-state index is 0.0599. The Hall–Kier alpha value is -2.89. The van der Waals surface area contributed by atoms with Gasteiger partial charge in [-0.25, -0.2) is 4.79 Å². The third-order valence-corrected chi connectivity index (χ3v) is 4.00. The molecule has 1 aliphatic carbocycles. The topological polar surface area (TPSA) is 79.7 Å². The predicted molar refractivity (Wildman–Crippen MR) is 88.6 cm³/mol. The number of carboxylic acid groups (broad SMARTS) is 1. The molecule has 0 bridgehead atoms. The van der Waals surface area contributed by atoms with Crippen LogP contribution in [0.2, 0.25) is 0 Å². The summed E-state index contributed by atoms with van der Waals surface area (Å²) in [5.41, 5.74) is 1.07. The summed E-state index contributed by atoms with van der Waals surface area (Å²) in [5.74, 6) is -0.0636. The van der Waals surface area contributed by atoms with E-state index in [4.69, 9.17) is 9.84 Å². The number of amides is 1. The summed E-state index contributed by atoms with van der Waals surface area (Å²) in [5, 5.41) is 8.93. The molecule has 124 valence electrons. The van der Waals surface area contributed by atoms with E-state index >= 15 is 0 Å². The second-order valence-electron chi connectivity index (χ2n) is 5.79. The summed E-state index contributed by atoms with van der Waals surface area (Å²) in [6.07, 6.45) is 3.44. The number of anilines is 1. The SMILES string of the molecule is COc1ccc(N(CC2CC2)C(=O)c2ccc(C(=O)O)cn2)cc1. The first-order valence-corrected chi connectivity index (χ1v) is 7.73. The fraction of sp³-hybridized carbons (Fsp3) is 0.278. The molecule has 1 fully saturated rings. The van der Waals surface area contributed by atoms with Crippen LogP contribution in [-0.2, 0) is 0 Å². The summed E-state index contributed by atoms with van der Waals surface area (Å²) in [6.45, 7) is 0.632. The fourth-order valence-electron chi connectivity index (χ4n) is 2.41. The summed E-state index contributed by atoms with van der Waals surface area (Å²) in [7, 11) is 1.59. The Kier molecular flexibility index (Phi) is 4.46. The first-order chi connectivity index (χ1) is 11.6. The molecule has 0 saturated heterocycles. The molecular weight excluding hydrogens is 308 g/mol. The van der Waals surface area contributed by atoms with Crippen LogP contribution < -0.4 is 9.64 Å². The monoisotopic (exact) mass is 326 g/mol. The zero-order valence-electron chi connectivity index (χ0n) is 13.3. The maximum atomic E-state index is 12.8. The van der Waals surface area contributed by atoms with Gasteiger partial charge in [0.1, 0.15) is 11.4 Å². The average Bonchev–Trinajstić information content (AvgIpc) is 3.43. The molecule has 6 nitrogen and oxygen atoms in total. The van der Waals surface area contributed by atoms with Gasteiger partial charge in [-0.05, 0) is 55.2 Å². The third kappa shape index (κ3) is 3.53. The number of benzene rings is 1. The van der Waals surface area contributed by atoms with E-state index < -0.39 is 5.97 Å². The van der Waals surface area contributed by atoms with Gasteiger partial charge in [0, 0.05) is 18.4 Å². The van der Waals surface area contributed by atoms with Crippen LogP contribution in [-0.4, -0.2) is 35.6 Å². The van der Waals surface area contributed by atoms with Crippen LogP contribution in [0.3, 0.4) is 0 Å². The van der Waals surface area contributed by atoms with Gasteiger partial charge in [-0.1, -0.05) is 0 Å². The van der Waals surface area contributed by atoms with Crippen LogP contribution in [0.4, 0.5) is 5.69 Å². The number of methoxy groups -OCH3 is 1. The zero-order chi connectivity index (χ0) is 17.1. The number of pyridine rings is 1. The number of aromatic carboxylic acids is 1. The maximum absolute atomic E-state index is 12.8. The molecule has 1 saturated carbocycles. The molecule has 1 aromatic heterocycles. The molecule has 0 unspecified atom stereocenters. The lowest BCUT2D eigenvalue weighted by molar-refractivity contribution is 0.0695. The number of rotatable bonds is 6. The summed E-state index contributed by atoms with van der Waals surface area (Å²) >= 11 is 0. The molecule has 0 spiro atoms. The standard InChI is InChI=1S/C18H18N2O4/c1-24-15-7-5-14(6-8-15)20(11-12-2-3-12)17(21)16-9-4-13(10-19-16)18(22)23/h4-10,12H,2-3,11H2,1H3,(H,22,23). The van der Waals surface area contributed by atoms with Crippen molar-refractivity contribution in [3.63, 3.8) is 0 Å². The van der Waals surface area contributed by atoms with E-state index in [9.17, 15) is 9.59 Å². The van der Waals surface area contributed by atoms with Gasteiger partial charge < -0.3 is 14.7 Å². The number of aromatic nitrogens is 1. The lowest BCUT2D eigenvalue weighted by atomic mass is 10.2. The Morgan fingerprint density at radius 2 is 1.92 bits per heavy atom. The molecule has 6 heteroatoms. The van der Waals surface area contributed by atoms with Gasteiger partial charge in [0.25, 0.3) is 5.91 Å². The van der Waals surface area contributed by atoms with Crippen molar-refractivity contribution in [3.8, 4) is 5.75 Å². The largest absolute Gasteiger partial charge is 0.497 e. The smallest absolute Gasteiger partial charge is 0.337 e. The number of carbonyl (C=O) groups is 2. The van der Waals surface area contributed by atoms with Crippen molar-refractivity contribution >= 4 is 17.6 Å². The quantitative estimate of drug-likeness (QED) is 0.883. The molecule has 1 N–H and O–H groups in total. The summed E-state index contributed by atoms with van der Waals surface area (Å²) < 4.78 is 5.15. The fourth-order valence-corrected chi connectivity index (χ4v) is 2.41. The van der Waals surface area contributed by atoms with E-state index in [-0.39, 0.29) is 17.2 Å². The first kappa shape index (κ1) is 16.0. The van der Waals surface area contributed by atoms with Gasteiger partial charge in [0.05, 0.1) is 12.7 Å². The number of hydrogen-bond donors (Lipinski definition) is 1. The highest BCUT2D eigenvalue weighted by Gasteiger charge is 2.28. The second-order valence-corrected chi connectivity index (χ2v) is 5.79. The molecule has 1 amide bonds. The maximum Gasteiger partial charge on any atom is 0.337 e. The van der Waals surface area contributed by atoms with Crippen molar-refractivity contribution in [1.29, 1.82) is 0 Å². The summed E-state index contributed by atoms with van der Waals surface area (Å²) in [4.78, 5) is 29.4. The highest BCUT2D eigenvalue weighted by molar-refractivity contribution is 6.05. The van der Waals surface area contributed by atoms with Crippen LogP contribution in [0, 0.1) is 5.92 Å². The van der Waals surface area contributed by atoms with E-state index in [2.05, 4.69) is 4.98 Å². The van der Waals surface area contributed by atoms with Crippen LogP contribution >= 0.6 is 0 Å². The van der Waals surface area contributed by atoms with Gasteiger partial charge >= 0.3 is 5.97 Å². The molecule has 0 atom stereocenters. The van der Waals surface area contributed by atoms with Gasteiger partial charge in [-0.2, -0.15) is 0 Å². The third-order valence-electron chi connectivity index (χ3n) is 4.00. The lowest BCUT2D eigenvalue weighted by Crippen LogP contribution is -2.33. The van der Waals surface area contributed by atoms with Gasteiger partial charge in [-0.15, -0.1) is 0 Å². The molecule has 1 aliphatic rings.